The van der Waals surface area contributed by atoms with Crippen LogP contribution in [0.25, 0.3) is 22.3 Å². The largest absolute Gasteiger partial charge is 0.507 e. The number of carbonyl (C=O) groups excluding carboxylic acids is 1. The molecule has 27 heavy (non-hydrogen) atoms. The van der Waals surface area contributed by atoms with Gasteiger partial charge < -0.3 is 15.2 Å². The van der Waals surface area contributed by atoms with Gasteiger partial charge in [-0.25, -0.2) is 8.78 Å². The van der Waals surface area contributed by atoms with E-state index >= 15 is 0 Å². The van der Waals surface area contributed by atoms with Crippen LogP contribution < -0.4 is 10.1 Å². The second kappa shape index (κ2) is 7.45. The average Bonchev–Trinajstić information content (AvgIpc) is 2.64. The number of halogens is 2. The first kappa shape index (κ1) is 18.4. The van der Waals surface area contributed by atoms with Gasteiger partial charge in [-0.15, -0.1) is 0 Å². The summed E-state index contributed by atoms with van der Waals surface area (Å²) < 4.78 is 32.9. The van der Waals surface area contributed by atoms with Gasteiger partial charge >= 0.3 is 0 Å². The molecule has 2 N–H and O–H groups in total. The number of hydrogen-bond acceptors (Lipinski definition) is 3. The molecule has 138 valence electrons. The van der Waals surface area contributed by atoms with Crippen LogP contribution in [0.15, 0.2) is 54.6 Å². The quantitative estimate of drug-likeness (QED) is 0.683. The molecule has 3 aromatic carbocycles. The van der Waals surface area contributed by atoms with Crippen molar-refractivity contribution in [3.05, 3.63) is 66.2 Å². The molecule has 0 aliphatic heterocycles. The third kappa shape index (κ3) is 3.74. The van der Waals surface area contributed by atoms with Gasteiger partial charge in [0.05, 0.1) is 12.8 Å². The molecule has 0 unspecified atom stereocenters. The molecule has 0 aliphatic rings. The first-order chi connectivity index (χ1) is 12.9. The van der Waals surface area contributed by atoms with Crippen molar-refractivity contribution in [1.82, 2.24) is 0 Å². The van der Waals surface area contributed by atoms with E-state index in [1.165, 1.54) is 44.4 Å². The summed E-state index contributed by atoms with van der Waals surface area (Å²) in [5.41, 5.74) is 1.92. The van der Waals surface area contributed by atoms with E-state index in [4.69, 9.17) is 4.74 Å². The molecule has 0 saturated carbocycles. The van der Waals surface area contributed by atoms with Crippen molar-refractivity contribution in [3.8, 4) is 33.8 Å². The van der Waals surface area contributed by atoms with Gasteiger partial charge in [-0.3, -0.25) is 4.79 Å². The summed E-state index contributed by atoms with van der Waals surface area (Å²) >= 11 is 0. The fraction of sp³-hybridized carbons (Fsp3) is 0.0952. The topological polar surface area (TPSA) is 58.6 Å². The smallest absolute Gasteiger partial charge is 0.221 e. The van der Waals surface area contributed by atoms with Crippen LogP contribution in [0.2, 0.25) is 0 Å². The van der Waals surface area contributed by atoms with Crippen LogP contribution in [0.1, 0.15) is 6.92 Å². The maximum absolute atomic E-state index is 14.2. The van der Waals surface area contributed by atoms with Crippen molar-refractivity contribution < 1.29 is 23.4 Å². The fourth-order valence-corrected chi connectivity index (χ4v) is 2.81. The van der Waals surface area contributed by atoms with E-state index in [9.17, 15) is 18.7 Å². The predicted octanol–water partition coefficient (Wildman–Crippen LogP) is 4.97. The van der Waals surface area contributed by atoms with Crippen LogP contribution in [0, 0.1) is 11.6 Å². The van der Waals surface area contributed by atoms with Gasteiger partial charge in [-0.1, -0.05) is 30.3 Å². The highest BCUT2D eigenvalue weighted by molar-refractivity contribution is 5.89. The Morgan fingerprint density at radius 2 is 1.59 bits per heavy atom. The number of ether oxygens (including phenoxy) is 1. The number of hydrogen-bond donors (Lipinski definition) is 2. The monoisotopic (exact) mass is 369 g/mol. The van der Waals surface area contributed by atoms with Gasteiger partial charge in [0.25, 0.3) is 0 Å². The van der Waals surface area contributed by atoms with Crippen LogP contribution in [0.3, 0.4) is 0 Å². The highest BCUT2D eigenvalue weighted by Crippen LogP contribution is 2.39. The Bertz CT molecular complexity index is 1020. The molecule has 6 heteroatoms. The number of nitrogens with one attached hydrogen (secondary N) is 1. The molecule has 0 atom stereocenters. The Kier molecular flexibility index (Phi) is 5.07. The zero-order chi connectivity index (χ0) is 19.6. The summed E-state index contributed by atoms with van der Waals surface area (Å²) in [6.07, 6.45) is 0. The molecular weight excluding hydrogens is 352 g/mol. The molecule has 0 saturated heterocycles. The van der Waals surface area contributed by atoms with Gasteiger partial charge in [0.2, 0.25) is 5.91 Å². The van der Waals surface area contributed by atoms with Crippen molar-refractivity contribution in [1.29, 1.82) is 0 Å². The average molecular weight is 369 g/mol. The van der Waals surface area contributed by atoms with Crippen molar-refractivity contribution in [2.45, 2.75) is 6.92 Å². The zero-order valence-electron chi connectivity index (χ0n) is 14.7. The highest BCUT2D eigenvalue weighted by Gasteiger charge is 2.14. The minimum absolute atomic E-state index is 0.0583. The third-order valence-electron chi connectivity index (χ3n) is 4.09. The summed E-state index contributed by atoms with van der Waals surface area (Å²) in [7, 11) is 1.36. The Hall–Kier alpha value is -3.41. The van der Waals surface area contributed by atoms with Gasteiger partial charge in [-0.2, -0.15) is 0 Å². The fourth-order valence-electron chi connectivity index (χ4n) is 2.81. The molecule has 0 spiro atoms. The predicted molar refractivity (Wildman–Crippen MR) is 99.8 cm³/mol. The first-order valence-electron chi connectivity index (χ1n) is 8.14. The number of phenolic OH excluding ortho intramolecular Hbond substituents is 1. The van der Waals surface area contributed by atoms with E-state index < -0.39 is 11.6 Å². The van der Waals surface area contributed by atoms with Crippen LogP contribution >= 0.6 is 0 Å². The van der Waals surface area contributed by atoms with Crippen LogP contribution in [-0.4, -0.2) is 18.1 Å². The van der Waals surface area contributed by atoms with Crippen molar-refractivity contribution in [2.24, 2.45) is 0 Å². The summed E-state index contributed by atoms with van der Waals surface area (Å²) in [5, 5.41) is 13.1. The SMILES string of the molecule is COc1cc(-c2cccc(-c3ccc(NC(C)=O)c(F)c3)c2O)ccc1F. The van der Waals surface area contributed by atoms with E-state index in [-0.39, 0.29) is 23.1 Å². The molecule has 0 bridgehead atoms. The summed E-state index contributed by atoms with van der Waals surface area (Å²) in [5.74, 6) is -1.51. The lowest BCUT2D eigenvalue weighted by atomic mass is 9.97. The number of carbonyl (C=O) groups is 1. The Labute approximate surface area is 155 Å². The van der Waals surface area contributed by atoms with Crippen LogP contribution in [0.4, 0.5) is 14.5 Å². The third-order valence-corrected chi connectivity index (χ3v) is 4.09. The van der Waals surface area contributed by atoms with Crippen LogP contribution in [-0.2, 0) is 4.79 Å². The molecule has 0 aliphatic carbocycles. The zero-order valence-corrected chi connectivity index (χ0v) is 14.7. The van der Waals surface area contributed by atoms with Gasteiger partial charge in [-0.05, 0) is 35.4 Å². The Balaban J connectivity index is 2.05. The molecule has 3 aromatic rings. The Morgan fingerprint density at radius 1 is 0.963 bits per heavy atom. The molecular formula is C21H17F2NO3. The number of amides is 1. The van der Waals surface area contributed by atoms with E-state index in [1.54, 1.807) is 24.3 Å². The lowest BCUT2D eigenvalue weighted by Gasteiger charge is -2.12. The first-order valence-corrected chi connectivity index (χ1v) is 8.14. The second-order valence-corrected chi connectivity index (χ2v) is 5.93. The normalized spacial score (nSPS) is 10.5. The summed E-state index contributed by atoms with van der Waals surface area (Å²) in [4.78, 5) is 11.1. The lowest BCUT2D eigenvalue weighted by molar-refractivity contribution is -0.114. The number of anilines is 1. The molecule has 0 heterocycles. The van der Waals surface area contributed by atoms with E-state index in [0.29, 0.717) is 22.3 Å². The Morgan fingerprint density at radius 3 is 2.19 bits per heavy atom. The molecule has 0 fully saturated rings. The summed E-state index contributed by atoms with van der Waals surface area (Å²) in [6.45, 7) is 1.29. The number of benzene rings is 3. The second-order valence-electron chi connectivity index (χ2n) is 5.93. The number of para-hydroxylation sites is 1. The highest BCUT2D eigenvalue weighted by atomic mass is 19.1. The van der Waals surface area contributed by atoms with E-state index in [0.717, 1.165) is 0 Å². The minimum Gasteiger partial charge on any atom is -0.507 e. The maximum Gasteiger partial charge on any atom is 0.221 e. The van der Waals surface area contributed by atoms with Crippen molar-refractivity contribution >= 4 is 11.6 Å². The standard InChI is InChI=1S/C21H17F2NO3/c1-12(25)24-19-9-7-13(10-18(19)23)15-4-3-5-16(21(15)26)14-6-8-17(22)20(11-14)27-2/h3-11,26H,1-2H3,(H,24,25). The summed E-state index contributed by atoms with van der Waals surface area (Å²) in [6, 6.07) is 13.5. The molecule has 0 aromatic heterocycles. The molecule has 1 amide bonds. The number of methoxy groups -OCH3 is 1. The number of aromatic hydroxyl groups is 1. The molecule has 4 nitrogen and oxygen atoms in total. The lowest BCUT2D eigenvalue weighted by Crippen LogP contribution is -2.07. The number of rotatable bonds is 4. The number of phenols is 1. The minimum atomic E-state index is -0.615. The van der Waals surface area contributed by atoms with Gasteiger partial charge in [0.15, 0.2) is 11.6 Å². The van der Waals surface area contributed by atoms with E-state index in [2.05, 4.69) is 5.32 Å². The van der Waals surface area contributed by atoms with Gasteiger partial charge in [0, 0.05) is 18.1 Å². The van der Waals surface area contributed by atoms with Crippen molar-refractivity contribution in [2.75, 3.05) is 12.4 Å². The van der Waals surface area contributed by atoms with Gasteiger partial charge in [0.1, 0.15) is 11.6 Å². The maximum atomic E-state index is 14.2. The molecule has 0 radical (unpaired) electrons. The molecule has 3 rings (SSSR count). The van der Waals surface area contributed by atoms with Crippen LogP contribution in [0.5, 0.6) is 11.5 Å². The van der Waals surface area contributed by atoms with E-state index in [1.807, 2.05) is 0 Å². The van der Waals surface area contributed by atoms with Crippen molar-refractivity contribution in [3.63, 3.8) is 0 Å².